The van der Waals surface area contributed by atoms with E-state index in [0.717, 1.165) is 5.56 Å². The van der Waals surface area contributed by atoms with Crippen LogP contribution in [-0.4, -0.2) is 15.9 Å². The summed E-state index contributed by atoms with van der Waals surface area (Å²) in [6, 6.07) is 14.1. The van der Waals surface area contributed by atoms with Crippen molar-refractivity contribution in [2.75, 3.05) is 16.5 Å². The van der Waals surface area contributed by atoms with Crippen LogP contribution < -0.4 is 21.9 Å². The molecule has 0 aliphatic carbocycles. The van der Waals surface area contributed by atoms with Gasteiger partial charge in [0.15, 0.2) is 11.6 Å². The molecule has 1 heterocycles. The largest absolute Gasteiger partial charge is 0.393 e. The van der Waals surface area contributed by atoms with Gasteiger partial charge >= 0.3 is 0 Å². The van der Waals surface area contributed by atoms with Crippen LogP contribution in [0.1, 0.15) is 15.9 Å². The maximum Gasteiger partial charge on any atom is 0.271 e. The van der Waals surface area contributed by atoms with Gasteiger partial charge in [-0.15, -0.1) is 0 Å². The number of amides is 1. The summed E-state index contributed by atoms with van der Waals surface area (Å²) in [6.07, 6.45) is 1.34. The van der Waals surface area contributed by atoms with E-state index in [4.69, 9.17) is 28.9 Å². The predicted molar refractivity (Wildman–Crippen MR) is 108 cm³/mol. The van der Waals surface area contributed by atoms with Gasteiger partial charge in [-0.3, -0.25) is 15.6 Å². The van der Waals surface area contributed by atoms with Crippen LogP contribution in [0.3, 0.4) is 0 Å². The van der Waals surface area contributed by atoms with Crippen LogP contribution in [0, 0.1) is 0 Å². The van der Waals surface area contributed by atoms with Gasteiger partial charge in [0.1, 0.15) is 12.0 Å². The van der Waals surface area contributed by atoms with Crippen molar-refractivity contribution in [1.82, 2.24) is 15.4 Å². The highest BCUT2D eigenvalue weighted by Gasteiger charge is 2.12. The van der Waals surface area contributed by atoms with Gasteiger partial charge in [-0.1, -0.05) is 47.5 Å². The number of rotatable bonds is 6. The average molecular weight is 403 g/mol. The SMILES string of the molecule is Nc1c(NCc2ccc(Cl)cc2)ncnc1NNC(=O)c1ccccc1Cl. The van der Waals surface area contributed by atoms with Crippen molar-refractivity contribution in [3.8, 4) is 0 Å². The topological polar surface area (TPSA) is 105 Å². The molecule has 0 saturated carbocycles. The Labute approximate surface area is 165 Å². The summed E-state index contributed by atoms with van der Waals surface area (Å²) in [5.74, 6) is 0.299. The highest BCUT2D eigenvalue weighted by atomic mass is 35.5. The van der Waals surface area contributed by atoms with Crippen LogP contribution in [0.25, 0.3) is 0 Å². The Bertz CT molecular complexity index is 949. The summed E-state index contributed by atoms with van der Waals surface area (Å²) in [7, 11) is 0. The van der Waals surface area contributed by atoms with Gasteiger partial charge in [0.05, 0.1) is 10.6 Å². The number of benzene rings is 2. The normalized spacial score (nSPS) is 10.3. The zero-order valence-corrected chi connectivity index (χ0v) is 15.6. The molecule has 9 heteroatoms. The van der Waals surface area contributed by atoms with E-state index in [2.05, 4.69) is 26.1 Å². The number of hydrogen-bond donors (Lipinski definition) is 4. The van der Waals surface area contributed by atoms with E-state index in [9.17, 15) is 4.79 Å². The van der Waals surface area contributed by atoms with Gasteiger partial charge in [0.2, 0.25) is 0 Å². The molecule has 0 aliphatic rings. The number of nitrogens with zero attached hydrogens (tertiary/aromatic N) is 2. The lowest BCUT2D eigenvalue weighted by Crippen LogP contribution is -2.30. The van der Waals surface area contributed by atoms with Crippen molar-refractivity contribution in [3.63, 3.8) is 0 Å². The number of carbonyl (C=O) groups excluding carboxylic acids is 1. The maximum atomic E-state index is 12.2. The molecule has 0 saturated heterocycles. The van der Waals surface area contributed by atoms with Gasteiger partial charge in [0, 0.05) is 11.6 Å². The Morgan fingerprint density at radius 1 is 1.00 bits per heavy atom. The summed E-state index contributed by atoms with van der Waals surface area (Å²) in [5.41, 5.74) is 12.9. The van der Waals surface area contributed by atoms with Crippen LogP contribution in [0.2, 0.25) is 10.0 Å². The van der Waals surface area contributed by atoms with Crippen LogP contribution in [0.4, 0.5) is 17.3 Å². The number of hydrogen-bond acceptors (Lipinski definition) is 6. The molecular formula is C18H16Cl2N6O. The number of anilines is 3. The van der Waals surface area contributed by atoms with Gasteiger partial charge in [-0.05, 0) is 29.8 Å². The molecule has 7 nitrogen and oxygen atoms in total. The quantitative estimate of drug-likeness (QED) is 0.468. The summed E-state index contributed by atoms with van der Waals surface area (Å²) < 4.78 is 0. The predicted octanol–water partition coefficient (Wildman–Crippen LogP) is 3.73. The number of nitrogen functional groups attached to an aromatic ring is 1. The fourth-order valence-corrected chi connectivity index (χ4v) is 2.60. The van der Waals surface area contributed by atoms with E-state index in [0.29, 0.717) is 28.0 Å². The second-order valence-corrected chi connectivity index (χ2v) is 6.37. The van der Waals surface area contributed by atoms with Gasteiger partial charge in [-0.2, -0.15) is 0 Å². The molecule has 0 unspecified atom stereocenters. The van der Waals surface area contributed by atoms with Crippen molar-refractivity contribution in [2.45, 2.75) is 6.54 Å². The van der Waals surface area contributed by atoms with Gasteiger partial charge in [-0.25, -0.2) is 9.97 Å². The number of hydrazine groups is 1. The van der Waals surface area contributed by atoms with E-state index >= 15 is 0 Å². The molecule has 3 rings (SSSR count). The lowest BCUT2D eigenvalue weighted by Gasteiger charge is -2.13. The van der Waals surface area contributed by atoms with E-state index in [1.807, 2.05) is 12.1 Å². The Kier molecular flexibility index (Phi) is 5.95. The molecule has 138 valence electrons. The summed E-state index contributed by atoms with van der Waals surface area (Å²) in [4.78, 5) is 20.4. The van der Waals surface area contributed by atoms with Crippen molar-refractivity contribution in [2.24, 2.45) is 0 Å². The first-order valence-corrected chi connectivity index (χ1v) is 8.70. The Morgan fingerprint density at radius 3 is 2.44 bits per heavy atom. The molecule has 0 atom stereocenters. The third-order valence-electron chi connectivity index (χ3n) is 3.67. The number of carbonyl (C=O) groups is 1. The molecule has 1 aromatic heterocycles. The number of aromatic nitrogens is 2. The molecule has 3 aromatic rings. The Morgan fingerprint density at radius 2 is 1.70 bits per heavy atom. The first-order valence-electron chi connectivity index (χ1n) is 7.94. The van der Waals surface area contributed by atoms with Gasteiger partial charge < -0.3 is 11.1 Å². The van der Waals surface area contributed by atoms with E-state index < -0.39 is 5.91 Å². The number of nitrogens with two attached hydrogens (primary N) is 1. The van der Waals surface area contributed by atoms with Gasteiger partial charge in [0.25, 0.3) is 5.91 Å². The molecule has 0 fully saturated rings. The maximum absolute atomic E-state index is 12.2. The molecule has 0 radical (unpaired) electrons. The van der Waals surface area contributed by atoms with E-state index in [-0.39, 0.29) is 11.5 Å². The standard InChI is InChI=1S/C18H16Cl2N6O/c19-12-7-5-11(6-8-12)9-22-16-15(21)17(24-10-23-16)25-26-18(27)13-3-1-2-4-14(13)20/h1-8,10H,9,21H2,(H,26,27)(H2,22,23,24,25). The molecule has 27 heavy (non-hydrogen) atoms. The fourth-order valence-electron chi connectivity index (χ4n) is 2.25. The van der Waals surface area contributed by atoms with Crippen molar-refractivity contribution in [3.05, 3.63) is 76.0 Å². The molecular weight excluding hydrogens is 387 g/mol. The highest BCUT2D eigenvalue weighted by Crippen LogP contribution is 2.23. The Balaban J connectivity index is 1.65. The van der Waals surface area contributed by atoms with Crippen molar-refractivity contribution in [1.29, 1.82) is 0 Å². The van der Waals surface area contributed by atoms with E-state index in [1.165, 1.54) is 6.33 Å². The summed E-state index contributed by atoms with van der Waals surface area (Å²) in [6.45, 7) is 0.504. The second-order valence-electron chi connectivity index (χ2n) is 5.52. The monoisotopic (exact) mass is 402 g/mol. The molecule has 0 aliphatic heterocycles. The molecule has 2 aromatic carbocycles. The number of nitrogens with one attached hydrogen (secondary N) is 3. The molecule has 0 spiro atoms. The third kappa shape index (κ3) is 4.78. The zero-order chi connectivity index (χ0) is 19.2. The zero-order valence-electron chi connectivity index (χ0n) is 14.0. The second kappa shape index (κ2) is 8.57. The minimum Gasteiger partial charge on any atom is -0.393 e. The lowest BCUT2D eigenvalue weighted by atomic mass is 10.2. The Hall–Kier alpha value is -3.03. The first-order chi connectivity index (χ1) is 13.0. The highest BCUT2D eigenvalue weighted by molar-refractivity contribution is 6.33. The molecule has 1 amide bonds. The number of halogens is 2. The van der Waals surface area contributed by atoms with Crippen LogP contribution in [0.15, 0.2) is 54.9 Å². The minimum atomic E-state index is -0.408. The van der Waals surface area contributed by atoms with Crippen LogP contribution in [0.5, 0.6) is 0 Å². The van der Waals surface area contributed by atoms with Crippen molar-refractivity contribution >= 4 is 46.4 Å². The molecule has 5 N–H and O–H groups in total. The van der Waals surface area contributed by atoms with Crippen LogP contribution in [-0.2, 0) is 6.54 Å². The lowest BCUT2D eigenvalue weighted by molar-refractivity contribution is 0.0962. The summed E-state index contributed by atoms with van der Waals surface area (Å²) >= 11 is 11.9. The fraction of sp³-hybridized carbons (Fsp3) is 0.0556. The van der Waals surface area contributed by atoms with Crippen LogP contribution >= 0.6 is 23.2 Å². The third-order valence-corrected chi connectivity index (χ3v) is 4.25. The summed E-state index contributed by atoms with van der Waals surface area (Å²) in [5, 5.41) is 4.14. The van der Waals surface area contributed by atoms with E-state index in [1.54, 1.807) is 36.4 Å². The molecule has 0 bridgehead atoms. The minimum absolute atomic E-state index is 0.268. The van der Waals surface area contributed by atoms with Crippen molar-refractivity contribution < 1.29 is 4.79 Å². The smallest absolute Gasteiger partial charge is 0.271 e. The first kappa shape index (κ1) is 18.8. The average Bonchev–Trinajstić information content (AvgIpc) is 2.67.